The number of carbonyl (C=O) groups is 2. The summed E-state index contributed by atoms with van der Waals surface area (Å²) >= 11 is 1.45. The van der Waals surface area contributed by atoms with Crippen molar-refractivity contribution < 1.29 is 9.59 Å². The summed E-state index contributed by atoms with van der Waals surface area (Å²) in [6.07, 6.45) is 0.319. The number of rotatable bonds is 8. The molecule has 0 saturated heterocycles. The molecule has 0 aliphatic rings. The summed E-state index contributed by atoms with van der Waals surface area (Å²) in [7, 11) is 0. The summed E-state index contributed by atoms with van der Waals surface area (Å²) in [5.41, 5.74) is 3.34. The second-order valence-corrected chi connectivity index (χ2v) is 8.48. The van der Waals surface area contributed by atoms with Gasteiger partial charge in [-0.25, -0.2) is 0 Å². The molecule has 4 rings (SSSR count). The number of amides is 2. The van der Waals surface area contributed by atoms with Crippen molar-refractivity contribution in [2.24, 2.45) is 0 Å². The van der Waals surface area contributed by atoms with E-state index in [1.54, 1.807) is 4.90 Å². The lowest BCUT2D eigenvalue weighted by Crippen LogP contribution is -2.27. The molecule has 0 aromatic heterocycles. The molecule has 0 saturated carbocycles. The van der Waals surface area contributed by atoms with Crippen LogP contribution in [0, 0.1) is 0 Å². The summed E-state index contributed by atoms with van der Waals surface area (Å²) in [6, 6.07) is 36.5. The molecule has 4 nitrogen and oxygen atoms in total. The number of benzene rings is 4. The molecule has 1 N–H and O–H groups in total. The molecule has 0 bridgehead atoms. The van der Waals surface area contributed by atoms with Gasteiger partial charge in [-0.1, -0.05) is 72.8 Å². The number of para-hydroxylation sites is 2. The molecule has 0 unspecified atom stereocenters. The molecule has 0 atom stereocenters. The average Bonchev–Trinajstić information content (AvgIpc) is 2.85. The highest BCUT2D eigenvalue weighted by molar-refractivity contribution is 8.00. The normalized spacial score (nSPS) is 10.4. The van der Waals surface area contributed by atoms with Crippen LogP contribution in [0.25, 0.3) is 0 Å². The minimum Gasteiger partial charge on any atom is -0.326 e. The molecule has 33 heavy (non-hydrogen) atoms. The Labute approximate surface area is 198 Å². The fourth-order valence-corrected chi connectivity index (χ4v) is 4.26. The summed E-state index contributed by atoms with van der Waals surface area (Å²) < 4.78 is 0. The van der Waals surface area contributed by atoms with Crippen molar-refractivity contribution in [1.82, 2.24) is 0 Å². The standard InChI is InChI=1S/C28H24N2O2S/c31-27(19-22-11-4-1-5-12-22)29-23-13-10-18-26(20-23)33-21-28(32)30(24-14-6-2-7-15-24)25-16-8-3-9-17-25/h1-18,20H,19,21H2,(H,29,31). The minimum absolute atomic E-state index is 0.0177. The Balaban J connectivity index is 1.41. The van der Waals surface area contributed by atoms with Crippen molar-refractivity contribution in [2.45, 2.75) is 11.3 Å². The zero-order valence-electron chi connectivity index (χ0n) is 18.1. The van der Waals surface area contributed by atoms with Crippen LogP contribution in [0.1, 0.15) is 5.56 Å². The molecule has 0 heterocycles. The zero-order chi connectivity index (χ0) is 22.9. The Morgan fingerprint density at radius 3 is 1.88 bits per heavy atom. The van der Waals surface area contributed by atoms with E-state index in [0.717, 1.165) is 27.5 Å². The molecular formula is C28H24N2O2S. The van der Waals surface area contributed by atoms with E-state index in [9.17, 15) is 9.59 Å². The Morgan fingerprint density at radius 1 is 0.697 bits per heavy atom. The molecule has 4 aromatic carbocycles. The molecule has 0 fully saturated rings. The lowest BCUT2D eigenvalue weighted by molar-refractivity contribution is -0.116. The minimum atomic E-state index is -0.0706. The smallest absolute Gasteiger partial charge is 0.241 e. The maximum absolute atomic E-state index is 13.2. The molecule has 0 aliphatic carbocycles. The quantitative estimate of drug-likeness (QED) is 0.318. The van der Waals surface area contributed by atoms with Gasteiger partial charge in [0.05, 0.1) is 12.2 Å². The SMILES string of the molecule is O=C(Cc1ccccc1)Nc1cccc(SCC(=O)N(c2ccccc2)c2ccccc2)c1. The van der Waals surface area contributed by atoms with Gasteiger partial charge in [0.25, 0.3) is 0 Å². The predicted octanol–water partition coefficient (Wildman–Crippen LogP) is 6.32. The molecule has 0 radical (unpaired) electrons. The third kappa shape index (κ3) is 6.34. The van der Waals surface area contributed by atoms with Crippen LogP contribution >= 0.6 is 11.8 Å². The van der Waals surface area contributed by atoms with E-state index in [1.807, 2.05) is 115 Å². The zero-order valence-corrected chi connectivity index (χ0v) is 18.9. The largest absolute Gasteiger partial charge is 0.326 e. The van der Waals surface area contributed by atoms with Crippen LogP contribution in [0.2, 0.25) is 0 Å². The van der Waals surface area contributed by atoms with Gasteiger partial charge in [0.15, 0.2) is 0 Å². The van der Waals surface area contributed by atoms with Gasteiger partial charge in [0.2, 0.25) is 11.8 Å². The van der Waals surface area contributed by atoms with Crippen LogP contribution < -0.4 is 10.2 Å². The topological polar surface area (TPSA) is 49.4 Å². The van der Waals surface area contributed by atoms with Crippen LogP contribution in [0.5, 0.6) is 0 Å². The van der Waals surface area contributed by atoms with Crippen molar-refractivity contribution in [3.63, 3.8) is 0 Å². The first kappa shape index (κ1) is 22.4. The van der Waals surface area contributed by atoms with E-state index in [1.165, 1.54) is 11.8 Å². The van der Waals surface area contributed by atoms with Crippen molar-refractivity contribution in [3.8, 4) is 0 Å². The summed E-state index contributed by atoms with van der Waals surface area (Å²) in [5.74, 6) is 0.181. The molecule has 2 amide bonds. The van der Waals surface area contributed by atoms with Gasteiger partial charge in [-0.2, -0.15) is 0 Å². The number of hydrogen-bond acceptors (Lipinski definition) is 3. The Hall–Kier alpha value is -3.83. The maximum atomic E-state index is 13.2. The second kappa shape index (κ2) is 11.2. The van der Waals surface area contributed by atoms with Gasteiger partial charge in [0, 0.05) is 22.0 Å². The van der Waals surface area contributed by atoms with Gasteiger partial charge < -0.3 is 5.32 Å². The van der Waals surface area contributed by atoms with Crippen molar-refractivity contribution in [2.75, 3.05) is 16.0 Å². The number of thioether (sulfide) groups is 1. The fraction of sp³-hybridized carbons (Fsp3) is 0.0714. The Morgan fingerprint density at radius 2 is 1.27 bits per heavy atom. The molecule has 5 heteroatoms. The molecule has 0 spiro atoms. The highest BCUT2D eigenvalue weighted by Crippen LogP contribution is 2.28. The summed E-state index contributed by atoms with van der Waals surface area (Å²) in [4.78, 5) is 28.3. The van der Waals surface area contributed by atoms with Crippen LogP contribution in [0.15, 0.2) is 120 Å². The Kier molecular flexibility index (Phi) is 7.56. The van der Waals surface area contributed by atoms with E-state index in [-0.39, 0.29) is 17.6 Å². The van der Waals surface area contributed by atoms with Crippen molar-refractivity contribution in [1.29, 1.82) is 0 Å². The first-order valence-electron chi connectivity index (χ1n) is 10.7. The molecular weight excluding hydrogens is 428 g/mol. The first-order chi connectivity index (χ1) is 16.2. The molecule has 4 aromatic rings. The van der Waals surface area contributed by atoms with Crippen molar-refractivity contribution in [3.05, 3.63) is 121 Å². The van der Waals surface area contributed by atoms with E-state index in [4.69, 9.17) is 0 Å². The number of anilines is 3. The Bertz CT molecular complexity index is 1160. The van der Waals surface area contributed by atoms with E-state index < -0.39 is 0 Å². The van der Waals surface area contributed by atoms with Crippen LogP contribution in [-0.2, 0) is 16.0 Å². The summed E-state index contributed by atoms with van der Waals surface area (Å²) in [6.45, 7) is 0. The lowest BCUT2D eigenvalue weighted by atomic mass is 10.1. The van der Waals surface area contributed by atoms with Crippen LogP contribution in [0.3, 0.4) is 0 Å². The lowest BCUT2D eigenvalue weighted by Gasteiger charge is -2.23. The van der Waals surface area contributed by atoms with Gasteiger partial charge in [-0.05, 0) is 48.0 Å². The van der Waals surface area contributed by atoms with Gasteiger partial charge in [0.1, 0.15) is 0 Å². The maximum Gasteiger partial charge on any atom is 0.241 e. The number of nitrogens with zero attached hydrogens (tertiary/aromatic N) is 1. The number of nitrogens with one attached hydrogen (secondary N) is 1. The van der Waals surface area contributed by atoms with Crippen molar-refractivity contribution >= 4 is 40.6 Å². The number of hydrogen-bond donors (Lipinski definition) is 1. The average molecular weight is 453 g/mol. The van der Waals surface area contributed by atoms with Gasteiger partial charge in [-0.15, -0.1) is 11.8 Å². The molecule has 164 valence electrons. The first-order valence-corrected chi connectivity index (χ1v) is 11.7. The highest BCUT2D eigenvalue weighted by Gasteiger charge is 2.18. The third-order valence-corrected chi connectivity index (χ3v) is 5.94. The van der Waals surface area contributed by atoms with Gasteiger partial charge >= 0.3 is 0 Å². The third-order valence-electron chi connectivity index (χ3n) is 4.97. The van der Waals surface area contributed by atoms with E-state index >= 15 is 0 Å². The monoisotopic (exact) mass is 452 g/mol. The fourth-order valence-electron chi connectivity index (χ4n) is 3.45. The highest BCUT2D eigenvalue weighted by atomic mass is 32.2. The summed E-state index contributed by atoms with van der Waals surface area (Å²) in [5, 5.41) is 2.95. The van der Waals surface area contributed by atoms with Crippen LogP contribution in [-0.4, -0.2) is 17.6 Å². The number of carbonyl (C=O) groups excluding carboxylic acids is 2. The predicted molar refractivity (Wildman–Crippen MR) is 136 cm³/mol. The van der Waals surface area contributed by atoms with Gasteiger partial charge in [-0.3, -0.25) is 14.5 Å². The second-order valence-electron chi connectivity index (χ2n) is 7.43. The van der Waals surface area contributed by atoms with E-state index in [2.05, 4.69) is 5.32 Å². The molecule has 0 aliphatic heterocycles. The van der Waals surface area contributed by atoms with E-state index in [0.29, 0.717) is 6.42 Å². The van der Waals surface area contributed by atoms with Crippen LogP contribution in [0.4, 0.5) is 17.1 Å².